The van der Waals surface area contributed by atoms with Gasteiger partial charge in [-0.05, 0) is 48.2 Å². The number of hydrogen-bond acceptors (Lipinski definition) is 5. The van der Waals surface area contributed by atoms with Crippen LogP contribution in [0.4, 0.5) is 5.69 Å². The van der Waals surface area contributed by atoms with Crippen molar-refractivity contribution in [3.05, 3.63) is 52.8 Å². The van der Waals surface area contributed by atoms with E-state index in [4.69, 9.17) is 4.74 Å². The number of sulfonamides is 1. The van der Waals surface area contributed by atoms with Crippen LogP contribution in [-0.2, 0) is 29.4 Å². The van der Waals surface area contributed by atoms with E-state index in [2.05, 4.69) is 10.3 Å². The molecule has 2 aliphatic rings. The van der Waals surface area contributed by atoms with E-state index in [-0.39, 0.29) is 18.6 Å². The Balaban J connectivity index is 1.57. The van der Waals surface area contributed by atoms with Crippen LogP contribution >= 0.6 is 0 Å². The van der Waals surface area contributed by atoms with E-state index < -0.39 is 10.0 Å². The zero-order valence-electron chi connectivity index (χ0n) is 15.2. The normalized spacial score (nSPS) is 19.1. The van der Waals surface area contributed by atoms with Gasteiger partial charge in [0, 0.05) is 37.6 Å². The molecule has 0 saturated carbocycles. The minimum absolute atomic E-state index is 0.147. The average molecular weight is 387 g/mol. The summed E-state index contributed by atoms with van der Waals surface area (Å²) in [6.07, 6.45) is 5.83. The molecule has 0 fully saturated rings. The summed E-state index contributed by atoms with van der Waals surface area (Å²) in [4.78, 5) is 17.0. The van der Waals surface area contributed by atoms with Crippen LogP contribution in [0.5, 0.6) is 5.75 Å². The topological polar surface area (TPSA) is 88.6 Å². The summed E-state index contributed by atoms with van der Waals surface area (Å²) in [6, 6.07) is 5.63. The number of amides is 1. The monoisotopic (exact) mass is 387 g/mol. The van der Waals surface area contributed by atoms with E-state index >= 15 is 0 Å². The molecule has 2 aliphatic heterocycles. The molecule has 0 bridgehead atoms. The van der Waals surface area contributed by atoms with Gasteiger partial charge in [0.2, 0.25) is 10.0 Å². The maximum Gasteiger partial charge on any atom is 0.257 e. The van der Waals surface area contributed by atoms with Crippen molar-refractivity contribution in [2.24, 2.45) is 0 Å². The van der Waals surface area contributed by atoms with Crippen molar-refractivity contribution in [3.8, 4) is 5.75 Å². The Bertz CT molecular complexity index is 1020. The number of benzene rings is 1. The first-order chi connectivity index (χ1) is 12.8. The number of carbonyl (C=O) groups excluding carboxylic acids is 1. The number of hydrogen-bond donors (Lipinski definition) is 1. The van der Waals surface area contributed by atoms with E-state index in [1.807, 2.05) is 25.1 Å². The fourth-order valence-corrected chi connectivity index (χ4v) is 4.44. The number of nitrogens with one attached hydrogen (secondary N) is 1. The fourth-order valence-electron chi connectivity index (χ4n) is 3.64. The Kier molecular flexibility index (Phi) is 4.39. The molecule has 3 heterocycles. The number of aromatic nitrogens is 1. The first kappa shape index (κ1) is 17.9. The second-order valence-electron chi connectivity index (χ2n) is 7.08. The second kappa shape index (κ2) is 6.61. The van der Waals surface area contributed by atoms with Gasteiger partial charge in [-0.3, -0.25) is 9.78 Å². The smallest absolute Gasteiger partial charge is 0.257 e. The summed E-state index contributed by atoms with van der Waals surface area (Å²) in [5.41, 5.74) is 3.92. The predicted molar refractivity (Wildman–Crippen MR) is 101 cm³/mol. The summed E-state index contributed by atoms with van der Waals surface area (Å²) in [7, 11) is -3.27. The van der Waals surface area contributed by atoms with Gasteiger partial charge in [0.15, 0.2) is 0 Å². The molecule has 1 aromatic heterocycles. The number of fused-ring (bicyclic) bond motifs is 2. The molecule has 8 heteroatoms. The quantitative estimate of drug-likeness (QED) is 0.870. The van der Waals surface area contributed by atoms with Crippen LogP contribution in [0.25, 0.3) is 0 Å². The van der Waals surface area contributed by atoms with Crippen LogP contribution in [0.3, 0.4) is 0 Å². The molecule has 0 radical (unpaired) electrons. The summed E-state index contributed by atoms with van der Waals surface area (Å²) in [6.45, 7) is 2.63. The third-order valence-corrected chi connectivity index (χ3v) is 6.22. The van der Waals surface area contributed by atoms with E-state index in [1.54, 1.807) is 12.4 Å². The largest absolute Gasteiger partial charge is 0.490 e. The molecule has 0 aliphatic carbocycles. The number of anilines is 1. The van der Waals surface area contributed by atoms with Crippen molar-refractivity contribution in [1.82, 2.24) is 9.29 Å². The maximum atomic E-state index is 12.8. The number of pyridine rings is 1. The third kappa shape index (κ3) is 3.54. The molecule has 7 nitrogen and oxygen atoms in total. The molecule has 1 unspecified atom stereocenters. The molecule has 0 spiro atoms. The Morgan fingerprint density at radius 1 is 1.30 bits per heavy atom. The Hall–Kier alpha value is -2.45. The molecule has 1 aromatic carbocycles. The molecule has 1 N–H and O–H groups in total. The lowest BCUT2D eigenvalue weighted by molar-refractivity contribution is 0.102. The highest BCUT2D eigenvalue weighted by Gasteiger charge is 2.27. The predicted octanol–water partition coefficient (Wildman–Crippen LogP) is 1.97. The minimum Gasteiger partial charge on any atom is -0.490 e. The zero-order valence-corrected chi connectivity index (χ0v) is 16.0. The summed E-state index contributed by atoms with van der Waals surface area (Å²) in [5.74, 6) is 0.624. The SMILES string of the molecule is CC1Cc2cc(NC(=O)c3cncc4c3CCN(S(C)(=O)=O)C4)ccc2O1. The Morgan fingerprint density at radius 3 is 2.89 bits per heavy atom. The van der Waals surface area contributed by atoms with Crippen LogP contribution in [0.2, 0.25) is 0 Å². The minimum atomic E-state index is -3.27. The van der Waals surface area contributed by atoms with E-state index in [0.717, 1.165) is 28.9 Å². The maximum absolute atomic E-state index is 12.8. The van der Waals surface area contributed by atoms with Crippen LogP contribution in [-0.4, -0.2) is 42.5 Å². The summed E-state index contributed by atoms with van der Waals surface area (Å²) >= 11 is 0. The summed E-state index contributed by atoms with van der Waals surface area (Å²) < 4.78 is 30.7. The Morgan fingerprint density at radius 2 is 2.11 bits per heavy atom. The van der Waals surface area contributed by atoms with Gasteiger partial charge in [-0.1, -0.05) is 0 Å². The highest BCUT2D eigenvalue weighted by Crippen LogP contribution is 2.31. The van der Waals surface area contributed by atoms with E-state index in [1.165, 1.54) is 10.6 Å². The van der Waals surface area contributed by atoms with Crippen LogP contribution in [0.15, 0.2) is 30.6 Å². The van der Waals surface area contributed by atoms with Crippen LogP contribution in [0.1, 0.15) is 34.0 Å². The van der Waals surface area contributed by atoms with Gasteiger partial charge in [0.05, 0.1) is 11.8 Å². The van der Waals surface area contributed by atoms with Gasteiger partial charge in [0.1, 0.15) is 11.9 Å². The van der Waals surface area contributed by atoms with E-state index in [0.29, 0.717) is 24.2 Å². The molecular formula is C19H21N3O4S. The Labute approximate surface area is 158 Å². The highest BCUT2D eigenvalue weighted by atomic mass is 32.2. The van der Waals surface area contributed by atoms with Gasteiger partial charge in [-0.25, -0.2) is 8.42 Å². The van der Waals surface area contributed by atoms with Gasteiger partial charge >= 0.3 is 0 Å². The number of rotatable bonds is 3. The molecule has 27 heavy (non-hydrogen) atoms. The van der Waals surface area contributed by atoms with Gasteiger partial charge in [0.25, 0.3) is 5.91 Å². The first-order valence-corrected chi connectivity index (χ1v) is 10.7. The molecule has 2 aromatic rings. The van der Waals surface area contributed by atoms with Crippen molar-refractivity contribution >= 4 is 21.6 Å². The van der Waals surface area contributed by atoms with Crippen LogP contribution in [0, 0.1) is 0 Å². The molecular weight excluding hydrogens is 366 g/mol. The zero-order chi connectivity index (χ0) is 19.2. The molecule has 142 valence electrons. The molecule has 0 saturated heterocycles. The third-order valence-electron chi connectivity index (χ3n) is 4.97. The number of nitrogens with zero attached hydrogens (tertiary/aromatic N) is 2. The highest BCUT2D eigenvalue weighted by molar-refractivity contribution is 7.88. The number of ether oxygens (including phenoxy) is 1. The van der Waals surface area contributed by atoms with Crippen molar-refractivity contribution < 1.29 is 17.9 Å². The number of carbonyl (C=O) groups is 1. The van der Waals surface area contributed by atoms with Gasteiger partial charge < -0.3 is 10.1 Å². The van der Waals surface area contributed by atoms with Gasteiger partial charge in [-0.15, -0.1) is 0 Å². The van der Waals surface area contributed by atoms with E-state index in [9.17, 15) is 13.2 Å². The van der Waals surface area contributed by atoms with Crippen molar-refractivity contribution in [2.45, 2.75) is 32.4 Å². The first-order valence-electron chi connectivity index (χ1n) is 8.83. The van der Waals surface area contributed by atoms with Gasteiger partial charge in [-0.2, -0.15) is 4.31 Å². The second-order valence-corrected chi connectivity index (χ2v) is 9.06. The standard InChI is InChI=1S/C19H21N3O4S/c1-12-7-13-8-15(3-4-18(13)26-12)21-19(23)17-10-20-9-14-11-22(27(2,24)25)6-5-16(14)17/h3-4,8-10,12H,5-7,11H2,1-2H3,(H,21,23). The lowest BCUT2D eigenvalue weighted by Gasteiger charge is -2.27. The lowest BCUT2D eigenvalue weighted by Crippen LogP contribution is -2.36. The molecule has 1 amide bonds. The average Bonchev–Trinajstić information content (AvgIpc) is 2.99. The van der Waals surface area contributed by atoms with Crippen molar-refractivity contribution in [2.75, 3.05) is 18.1 Å². The van der Waals surface area contributed by atoms with Crippen molar-refractivity contribution in [3.63, 3.8) is 0 Å². The molecule has 1 atom stereocenters. The lowest BCUT2D eigenvalue weighted by atomic mass is 9.98. The summed E-state index contributed by atoms with van der Waals surface area (Å²) in [5, 5.41) is 2.93. The molecule has 4 rings (SSSR count). The van der Waals surface area contributed by atoms with Crippen molar-refractivity contribution in [1.29, 1.82) is 0 Å². The fraction of sp³-hybridized carbons (Fsp3) is 0.368. The van der Waals surface area contributed by atoms with Crippen LogP contribution < -0.4 is 10.1 Å².